The molecule has 4 heteroatoms. The predicted octanol–water partition coefficient (Wildman–Crippen LogP) is 7.01. The molecule has 1 aromatic carbocycles. The first-order valence-corrected chi connectivity index (χ1v) is 12.0. The summed E-state index contributed by atoms with van der Waals surface area (Å²) in [7, 11) is 0. The molecule has 0 saturated carbocycles. The van der Waals surface area contributed by atoms with Gasteiger partial charge in [0.2, 0.25) is 0 Å². The number of unbranched alkanes of at least 4 members (excludes halogenated alkanes) is 6. The smallest absolute Gasteiger partial charge is 0.316 e. The van der Waals surface area contributed by atoms with Crippen LogP contribution in [0.15, 0.2) is 42.6 Å². The van der Waals surface area contributed by atoms with Crippen molar-refractivity contribution in [1.82, 2.24) is 4.98 Å². The van der Waals surface area contributed by atoms with Crippen molar-refractivity contribution in [1.29, 1.82) is 0 Å². The first-order chi connectivity index (χ1) is 15.1. The van der Waals surface area contributed by atoms with E-state index in [1.165, 1.54) is 50.5 Å². The summed E-state index contributed by atoms with van der Waals surface area (Å²) >= 11 is 0. The maximum atomic E-state index is 12.2. The maximum absolute atomic E-state index is 12.2. The van der Waals surface area contributed by atoms with Crippen molar-refractivity contribution >= 4 is 5.97 Å². The van der Waals surface area contributed by atoms with Gasteiger partial charge in [-0.25, -0.2) is 0 Å². The number of hydrogen-bond acceptors (Lipinski definition) is 4. The van der Waals surface area contributed by atoms with E-state index in [9.17, 15) is 4.79 Å². The Morgan fingerprint density at radius 1 is 0.903 bits per heavy atom. The fourth-order valence-electron chi connectivity index (χ4n) is 3.41. The minimum Gasteiger partial charge on any atom is -0.426 e. The number of benzene rings is 1. The number of carbonyl (C=O) groups is 1. The SMILES string of the molecule is CCCCCCCCCc1ccc(-c2ccc(OC(=O)C(C)COCCC)cc2)nc1. The molecule has 0 bridgehead atoms. The number of rotatable bonds is 15. The summed E-state index contributed by atoms with van der Waals surface area (Å²) in [6.45, 7) is 7.18. The summed E-state index contributed by atoms with van der Waals surface area (Å²) in [6.07, 6.45) is 13.3. The first kappa shape index (κ1) is 25.1. The van der Waals surface area contributed by atoms with E-state index in [2.05, 4.69) is 24.0 Å². The third kappa shape index (κ3) is 9.65. The molecule has 0 N–H and O–H groups in total. The van der Waals surface area contributed by atoms with Crippen molar-refractivity contribution in [3.8, 4) is 17.0 Å². The lowest BCUT2D eigenvalue weighted by Gasteiger charge is -2.11. The molecule has 4 nitrogen and oxygen atoms in total. The average molecular weight is 426 g/mol. The molecular weight excluding hydrogens is 386 g/mol. The Balaban J connectivity index is 1.77. The van der Waals surface area contributed by atoms with Gasteiger partial charge >= 0.3 is 5.97 Å². The van der Waals surface area contributed by atoms with Crippen LogP contribution in [0.2, 0.25) is 0 Å². The lowest BCUT2D eigenvalue weighted by Crippen LogP contribution is -2.22. The minimum absolute atomic E-state index is 0.267. The molecule has 1 atom stereocenters. The Hall–Kier alpha value is -2.20. The van der Waals surface area contributed by atoms with Crippen LogP contribution < -0.4 is 4.74 Å². The second-order valence-electron chi connectivity index (χ2n) is 8.34. The Morgan fingerprint density at radius 3 is 2.26 bits per heavy atom. The number of pyridine rings is 1. The molecule has 0 fully saturated rings. The minimum atomic E-state index is -0.281. The summed E-state index contributed by atoms with van der Waals surface area (Å²) in [6, 6.07) is 11.8. The number of esters is 1. The average Bonchev–Trinajstić information content (AvgIpc) is 2.79. The van der Waals surface area contributed by atoms with Gasteiger partial charge in [-0.1, -0.05) is 58.4 Å². The molecule has 1 aromatic heterocycles. The van der Waals surface area contributed by atoms with Crippen LogP contribution in [-0.2, 0) is 16.0 Å². The van der Waals surface area contributed by atoms with E-state index in [1.807, 2.05) is 44.3 Å². The van der Waals surface area contributed by atoms with Crippen LogP contribution in [0.25, 0.3) is 11.3 Å². The van der Waals surface area contributed by atoms with Crippen molar-refractivity contribution in [3.05, 3.63) is 48.2 Å². The zero-order valence-corrected chi connectivity index (χ0v) is 19.6. The van der Waals surface area contributed by atoms with Crippen LogP contribution in [-0.4, -0.2) is 24.2 Å². The Morgan fingerprint density at radius 2 is 1.61 bits per heavy atom. The van der Waals surface area contributed by atoms with Gasteiger partial charge in [0.1, 0.15) is 5.75 Å². The number of carbonyl (C=O) groups excluding carboxylic acids is 1. The highest BCUT2D eigenvalue weighted by Gasteiger charge is 2.15. The third-order valence-corrected chi connectivity index (χ3v) is 5.38. The summed E-state index contributed by atoms with van der Waals surface area (Å²) in [5, 5.41) is 0. The van der Waals surface area contributed by atoms with E-state index >= 15 is 0 Å². The summed E-state index contributed by atoms with van der Waals surface area (Å²) < 4.78 is 10.9. The van der Waals surface area contributed by atoms with Crippen LogP contribution in [0.1, 0.15) is 77.7 Å². The molecule has 31 heavy (non-hydrogen) atoms. The molecule has 0 aliphatic rings. The summed E-state index contributed by atoms with van der Waals surface area (Å²) in [5.41, 5.74) is 3.24. The molecule has 2 rings (SSSR count). The molecule has 1 heterocycles. The monoisotopic (exact) mass is 425 g/mol. The molecule has 2 aromatic rings. The molecule has 1 unspecified atom stereocenters. The topological polar surface area (TPSA) is 48.4 Å². The number of ether oxygens (including phenoxy) is 2. The van der Waals surface area contributed by atoms with Crippen LogP contribution in [0.4, 0.5) is 0 Å². The largest absolute Gasteiger partial charge is 0.426 e. The summed E-state index contributed by atoms with van der Waals surface area (Å²) in [5.74, 6) is 0.000112. The number of aryl methyl sites for hydroxylation is 1. The number of aromatic nitrogens is 1. The van der Waals surface area contributed by atoms with Gasteiger partial charge in [0.25, 0.3) is 0 Å². The van der Waals surface area contributed by atoms with E-state index in [-0.39, 0.29) is 11.9 Å². The zero-order valence-electron chi connectivity index (χ0n) is 19.6. The van der Waals surface area contributed by atoms with Crippen LogP contribution in [0.3, 0.4) is 0 Å². The van der Waals surface area contributed by atoms with E-state index in [0.717, 1.165) is 24.1 Å². The number of nitrogens with zero attached hydrogens (tertiary/aromatic N) is 1. The van der Waals surface area contributed by atoms with Gasteiger partial charge < -0.3 is 9.47 Å². The molecule has 170 valence electrons. The van der Waals surface area contributed by atoms with Gasteiger partial charge in [0.15, 0.2) is 0 Å². The second kappa shape index (κ2) is 14.7. The normalized spacial score (nSPS) is 12.0. The van der Waals surface area contributed by atoms with Crippen molar-refractivity contribution in [2.75, 3.05) is 13.2 Å². The number of hydrogen-bond donors (Lipinski definition) is 0. The van der Waals surface area contributed by atoms with Crippen molar-refractivity contribution in [3.63, 3.8) is 0 Å². The van der Waals surface area contributed by atoms with Gasteiger partial charge in [-0.15, -0.1) is 0 Å². The molecule has 0 saturated heterocycles. The molecule has 0 amide bonds. The van der Waals surface area contributed by atoms with E-state index in [0.29, 0.717) is 19.0 Å². The fourth-order valence-corrected chi connectivity index (χ4v) is 3.41. The molecular formula is C27H39NO3. The Bertz CT molecular complexity index is 740. The lowest BCUT2D eigenvalue weighted by atomic mass is 10.0. The molecule has 0 aliphatic carbocycles. The molecule has 0 radical (unpaired) electrons. The lowest BCUT2D eigenvalue weighted by molar-refractivity contribution is -0.140. The zero-order chi connectivity index (χ0) is 22.3. The Labute approximate surface area is 188 Å². The van der Waals surface area contributed by atoms with E-state index in [4.69, 9.17) is 9.47 Å². The maximum Gasteiger partial charge on any atom is 0.316 e. The third-order valence-electron chi connectivity index (χ3n) is 5.38. The fraction of sp³-hybridized carbons (Fsp3) is 0.556. The van der Waals surface area contributed by atoms with Gasteiger partial charge in [-0.2, -0.15) is 0 Å². The van der Waals surface area contributed by atoms with Gasteiger partial charge in [0, 0.05) is 18.4 Å². The second-order valence-corrected chi connectivity index (χ2v) is 8.34. The highest BCUT2D eigenvalue weighted by molar-refractivity contribution is 5.75. The highest BCUT2D eigenvalue weighted by atomic mass is 16.5. The molecule has 0 aliphatic heterocycles. The Kier molecular flexibility index (Phi) is 11.9. The highest BCUT2D eigenvalue weighted by Crippen LogP contribution is 2.22. The standard InChI is InChI=1S/C27H39NO3/c1-4-6-7-8-9-10-11-12-23-13-18-26(28-20-23)24-14-16-25(17-15-24)31-27(29)22(3)21-30-19-5-2/h13-18,20,22H,4-12,19,21H2,1-3H3. The van der Waals surface area contributed by atoms with Crippen LogP contribution in [0.5, 0.6) is 5.75 Å². The van der Waals surface area contributed by atoms with E-state index in [1.54, 1.807) is 0 Å². The van der Waals surface area contributed by atoms with Crippen LogP contribution >= 0.6 is 0 Å². The predicted molar refractivity (Wildman–Crippen MR) is 127 cm³/mol. The van der Waals surface area contributed by atoms with E-state index < -0.39 is 0 Å². The van der Waals surface area contributed by atoms with Crippen molar-refractivity contribution in [2.24, 2.45) is 5.92 Å². The van der Waals surface area contributed by atoms with Gasteiger partial charge in [-0.05, 0) is 62.1 Å². The van der Waals surface area contributed by atoms with Crippen LogP contribution in [0, 0.1) is 5.92 Å². The molecule has 0 spiro atoms. The first-order valence-electron chi connectivity index (χ1n) is 12.0. The van der Waals surface area contributed by atoms with Gasteiger partial charge in [0.05, 0.1) is 18.2 Å². The van der Waals surface area contributed by atoms with Crippen molar-refractivity contribution < 1.29 is 14.3 Å². The summed E-state index contributed by atoms with van der Waals surface area (Å²) in [4.78, 5) is 16.8. The van der Waals surface area contributed by atoms with Gasteiger partial charge in [-0.3, -0.25) is 9.78 Å². The quantitative estimate of drug-likeness (QED) is 0.175. The van der Waals surface area contributed by atoms with Crippen molar-refractivity contribution in [2.45, 2.75) is 78.6 Å².